The Morgan fingerprint density at radius 2 is 2.07 bits per heavy atom. The van der Waals surface area contributed by atoms with Crippen molar-refractivity contribution in [2.45, 2.75) is 45.6 Å². The second-order valence-corrected chi connectivity index (χ2v) is 7.28. The summed E-state index contributed by atoms with van der Waals surface area (Å²) in [4.78, 5) is 24.8. The molecule has 1 aliphatic heterocycles. The van der Waals surface area contributed by atoms with Crippen LogP contribution < -0.4 is 0 Å². The van der Waals surface area contributed by atoms with E-state index in [2.05, 4.69) is 29.0 Å². The van der Waals surface area contributed by atoms with Crippen molar-refractivity contribution in [3.05, 3.63) is 71.2 Å². The van der Waals surface area contributed by atoms with Gasteiger partial charge in [-0.25, -0.2) is 0 Å². The quantitative estimate of drug-likeness (QED) is 0.670. The average Bonchev–Trinajstić information content (AvgIpc) is 2.73. The lowest BCUT2D eigenvalue weighted by Gasteiger charge is -2.35. The van der Waals surface area contributed by atoms with Crippen LogP contribution in [0.15, 0.2) is 48.7 Å². The number of hydrogen-bond acceptors (Lipinski definition) is 3. The van der Waals surface area contributed by atoms with Gasteiger partial charge in [0.15, 0.2) is 0 Å². The van der Waals surface area contributed by atoms with Crippen molar-refractivity contribution >= 4 is 16.8 Å². The minimum Gasteiger partial charge on any atom is -0.330 e. The van der Waals surface area contributed by atoms with Crippen LogP contribution in [-0.4, -0.2) is 27.3 Å². The van der Waals surface area contributed by atoms with E-state index in [-0.39, 0.29) is 11.9 Å². The summed E-state index contributed by atoms with van der Waals surface area (Å²) in [5, 5.41) is 0.954. The van der Waals surface area contributed by atoms with Crippen LogP contribution in [0, 0.1) is 6.92 Å². The molecule has 0 radical (unpaired) electrons. The molecule has 3 aromatic rings. The summed E-state index contributed by atoms with van der Waals surface area (Å²) in [5.74, 6) is 0.0918. The zero-order valence-electron chi connectivity index (χ0n) is 16.0. The summed E-state index contributed by atoms with van der Waals surface area (Å²) >= 11 is 0. The highest BCUT2D eigenvalue weighted by molar-refractivity contribution is 6.06. The maximum absolute atomic E-state index is 13.6. The standard InChI is InChI=1S/C23H25N3O/c1-3-17-10-11-20-18(15-17)19(14-16(2)25-20)23(27)26-13-7-5-9-22(26)21-8-4-6-12-24-21/h4,6,8,10-12,14-15,22H,3,5,7,9,13H2,1-2H3/t22-/m0/s1. The molecule has 2 aromatic heterocycles. The number of carbonyl (C=O) groups is 1. The van der Waals surface area contributed by atoms with Gasteiger partial charge in [0.05, 0.1) is 22.8 Å². The number of nitrogens with zero attached hydrogens (tertiary/aromatic N) is 3. The number of aryl methyl sites for hydroxylation is 2. The first-order valence-corrected chi connectivity index (χ1v) is 9.79. The molecule has 1 aliphatic rings. The number of aromatic nitrogens is 2. The van der Waals surface area contributed by atoms with Crippen LogP contribution >= 0.6 is 0 Å². The molecule has 0 saturated carbocycles. The van der Waals surface area contributed by atoms with E-state index in [1.54, 1.807) is 0 Å². The second kappa shape index (κ2) is 7.47. The number of carbonyl (C=O) groups excluding carboxylic acids is 1. The highest BCUT2D eigenvalue weighted by atomic mass is 16.2. The summed E-state index contributed by atoms with van der Waals surface area (Å²) in [6.45, 7) is 4.86. The Morgan fingerprint density at radius 1 is 1.19 bits per heavy atom. The van der Waals surface area contributed by atoms with Gasteiger partial charge >= 0.3 is 0 Å². The van der Waals surface area contributed by atoms with E-state index in [0.717, 1.165) is 60.1 Å². The number of fused-ring (bicyclic) bond motifs is 1. The zero-order chi connectivity index (χ0) is 18.8. The van der Waals surface area contributed by atoms with Crippen LogP contribution in [0.3, 0.4) is 0 Å². The molecular weight excluding hydrogens is 334 g/mol. The summed E-state index contributed by atoms with van der Waals surface area (Å²) in [5.41, 5.74) is 4.73. The fraction of sp³-hybridized carbons (Fsp3) is 0.348. The molecule has 0 N–H and O–H groups in total. The van der Waals surface area contributed by atoms with Gasteiger partial charge in [-0.3, -0.25) is 14.8 Å². The summed E-state index contributed by atoms with van der Waals surface area (Å²) in [6, 6.07) is 14.2. The van der Waals surface area contributed by atoms with E-state index in [9.17, 15) is 4.79 Å². The van der Waals surface area contributed by atoms with Crippen LogP contribution in [0.2, 0.25) is 0 Å². The third-order valence-electron chi connectivity index (χ3n) is 5.43. The molecular formula is C23H25N3O. The Labute approximate surface area is 160 Å². The number of amides is 1. The Morgan fingerprint density at radius 3 is 2.85 bits per heavy atom. The van der Waals surface area contributed by atoms with E-state index in [1.807, 2.05) is 48.4 Å². The highest BCUT2D eigenvalue weighted by Crippen LogP contribution is 2.32. The number of rotatable bonds is 3. The molecule has 1 aromatic carbocycles. The molecule has 27 heavy (non-hydrogen) atoms. The molecule has 4 rings (SSSR count). The number of benzene rings is 1. The van der Waals surface area contributed by atoms with Crippen molar-refractivity contribution in [3.8, 4) is 0 Å². The Balaban J connectivity index is 1.79. The summed E-state index contributed by atoms with van der Waals surface area (Å²) in [6.07, 6.45) is 5.88. The van der Waals surface area contributed by atoms with Crippen LogP contribution in [0.5, 0.6) is 0 Å². The van der Waals surface area contributed by atoms with Gasteiger partial charge in [-0.05, 0) is 68.5 Å². The Hall–Kier alpha value is -2.75. The lowest BCUT2D eigenvalue weighted by molar-refractivity contribution is 0.0608. The van der Waals surface area contributed by atoms with Gasteiger partial charge in [0.2, 0.25) is 0 Å². The molecule has 0 aliphatic carbocycles. The summed E-state index contributed by atoms with van der Waals surface area (Å²) < 4.78 is 0. The largest absolute Gasteiger partial charge is 0.330 e. The van der Waals surface area contributed by atoms with Gasteiger partial charge in [-0.2, -0.15) is 0 Å². The van der Waals surface area contributed by atoms with Gasteiger partial charge in [-0.15, -0.1) is 0 Å². The first kappa shape index (κ1) is 17.7. The number of piperidine rings is 1. The van der Waals surface area contributed by atoms with Crippen molar-refractivity contribution in [2.75, 3.05) is 6.54 Å². The van der Waals surface area contributed by atoms with Gasteiger partial charge in [0, 0.05) is 23.8 Å². The van der Waals surface area contributed by atoms with Crippen LogP contribution in [0.4, 0.5) is 0 Å². The van der Waals surface area contributed by atoms with Gasteiger partial charge < -0.3 is 4.90 Å². The Bertz CT molecular complexity index is 968. The minimum absolute atomic E-state index is 0.0466. The molecule has 1 saturated heterocycles. The van der Waals surface area contributed by atoms with Crippen molar-refractivity contribution in [1.29, 1.82) is 0 Å². The van der Waals surface area contributed by atoms with E-state index >= 15 is 0 Å². The first-order valence-electron chi connectivity index (χ1n) is 9.79. The van der Waals surface area contributed by atoms with E-state index < -0.39 is 0 Å². The third-order valence-corrected chi connectivity index (χ3v) is 5.43. The average molecular weight is 359 g/mol. The molecule has 0 bridgehead atoms. The number of hydrogen-bond donors (Lipinski definition) is 0. The lowest BCUT2D eigenvalue weighted by Crippen LogP contribution is -2.39. The molecule has 3 heterocycles. The maximum atomic E-state index is 13.6. The maximum Gasteiger partial charge on any atom is 0.255 e. The fourth-order valence-electron chi connectivity index (χ4n) is 4.01. The monoisotopic (exact) mass is 359 g/mol. The minimum atomic E-state index is 0.0466. The molecule has 4 heteroatoms. The van der Waals surface area contributed by atoms with Crippen LogP contribution in [0.25, 0.3) is 10.9 Å². The molecule has 1 atom stereocenters. The fourth-order valence-corrected chi connectivity index (χ4v) is 4.01. The van der Waals surface area contributed by atoms with Crippen molar-refractivity contribution in [2.24, 2.45) is 0 Å². The smallest absolute Gasteiger partial charge is 0.255 e. The van der Waals surface area contributed by atoms with Gasteiger partial charge in [-0.1, -0.05) is 19.1 Å². The van der Waals surface area contributed by atoms with Crippen LogP contribution in [-0.2, 0) is 6.42 Å². The van der Waals surface area contributed by atoms with E-state index in [1.165, 1.54) is 5.56 Å². The molecule has 4 nitrogen and oxygen atoms in total. The van der Waals surface area contributed by atoms with E-state index in [0.29, 0.717) is 0 Å². The molecule has 138 valence electrons. The Kier molecular flexibility index (Phi) is 4.88. The lowest BCUT2D eigenvalue weighted by atomic mass is 9.96. The highest BCUT2D eigenvalue weighted by Gasteiger charge is 2.30. The second-order valence-electron chi connectivity index (χ2n) is 7.28. The predicted molar refractivity (Wildman–Crippen MR) is 108 cm³/mol. The van der Waals surface area contributed by atoms with E-state index in [4.69, 9.17) is 0 Å². The van der Waals surface area contributed by atoms with Crippen molar-refractivity contribution < 1.29 is 4.79 Å². The first-order chi connectivity index (χ1) is 13.2. The number of pyridine rings is 2. The number of likely N-dealkylation sites (tertiary alicyclic amines) is 1. The third kappa shape index (κ3) is 3.44. The van der Waals surface area contributed by atoms with Crippen molar-refractivity contribution in [1.82, 2.24) is 14.9 Å². The van der Waals surface area contributed by atoms with Crippen molar-refractivity contribution in [3.63, 3.8) is 0 Å². The van der Waals surface area contributed by atoms with Crippen LogP contribution in [0.1, 0.15) is 59.5 Å². The zero-order valence-corrected chi connectivity index (χ0v) is 16.0. The van der Waals surface area contributed by atoms with Gasteiger partial charge in [0.25, 0.3) is 5.91 Å². The molecule has 0 unspecified atom stereocenters. The SMILES string of the molecule is CCc1ccc2nc(C)cc(C(=O)N3CCCC[C@H]3c3ccccn3)c2c1. The molecule has 1 fully saturated rings. The predicted octanol–water partition coefficient (Wildman–Crippen LogP) is 4.87. The topological polar surface area (TPSA) is 46.1 Å². The molecule has 0 spiro atoms. The molecule has 1 amide bonds. The normalized spacial score (nSPS) is 17.3. The van der Waals surface area contributed by atoms with Gasteiger partial charge in [0.1, 0.15) is 0 Å². The summed E-state index contributed by atoms with van der Waals surface area (Å²) in [7, 11) is 0.